The molecule has 2 aliphatic heterocycles. The standard InChI is InChI=1S/C28H34FN5O4/c1-19(2)27-31-28(38-32-27)33-12-8-22(9-13-33)36-14-15-37-23-6-5-21(24(29)17-23)16-26(35)34-11-7-20-4-3-10-30-25(20)18-34/h3-6,10,17,19,22H,7-9,11-16,18H2,1-2H3. The number of amides is 1. The van der Waals surface area contributed by atoms with Crippen LogP contribution in [0.15, 0.2) is 41.1 Å². The number of fused-ring (bicyclic) bond motifs is 1. The Morgan fingerprint density at radius 2 is 2.03 bits per heavy atom. The van der Waals surface area contributed by atoms with Crippen LogP contribution in [-0.2, 0) is 28.9 Å². The zero-order valence-electron chi connectivity index (χ0n) is 21.9. The van der Waals surface area contributed by atoms with E-state index in [0.29, 0.717) is 43.6 Å². The molecular weight excluding hydrogens is 489 g/mol. The molecule has 0 unspecified atom stereocenters. The van der Waals surface area contributed by atoms with Crippen molar-refractivity contribution in [2.24, 2.45) is 0 Å². The normalized spacial score (nSPS) is 16.1. The maximum absolute atomic E-state index is 14.7. The van der Waals surface area contributed by atoms with Crippen LogP contribution >= 0.6 is 0 Å². The summed E-state index contributed by atoms with van der Waals surface area (Å²) in [7, 11) is 0. The summed E-state index contributed by atoms with van der Waals surface area (Å²) in [6.07, 6.45) is 4.36. The number of carbonyl (C=O) groups excluding carboxylic acids is 1. The topological polar surface area (TPSA) is 93.8 Å². The van der Waals surface area contributed by atoms with Crippen LogP contribution in [0.1, 0.15) is 55.3 Å². The fourth-order valence-electron chi connectivity index (χ4n) is 4.78. The van der Waals surface area contributed by atoms with Gasteiger partial charge in [-0.3, -0.25) is 9.78 Å². The summed E-state index contributed by atoms with van der Waals surface area (Å²) in [5.74, 6) is 0.827. The van der Waals surface area contributed by atoms with E-state index in [1.54, 1.807) is 23.2 Å². The minimum atomic E-state index is -0.443. The van der Waals surface area contributed by atoms with Crippen LogP contribution in [0.4, 0.5) is 10.4 Å². The van der Waals surface area contributed by atoms with Crippen LogP contribution < -0.4 is 9.64 Å². The number of carbonyl (C=O) groups is 1. The molecule has 1 amide bonds. The predicted molar refractivity (Wildman–Crippen MR) is 139 cm³/mol. The molecule has 1 aromatic carbocycles. The van der Waals surface area contributed by atoms with Gasteiger partial charge in [-0.2, -0.15) is 4.98 Å². The van der Waals surface area contributed by atoms with Crippen LogP contribution in [0.3, 0.4) is 0 Å². The summed E-state index contributed by atoms with van der Waals surface area (Å²) in [6, 6.07) is 9.18. The number of ether oxygens (including phenoxy) is 2. The zero-order chi connectivity index (χ0) is 26.5. The number of pyridine rings is 1. The van der Waals surface area contributed by atoms with Gasteiger partial charge in [0.2, 0.25) is 5.91 Å². The first-order valence-electron chi connectivity index (χ1n) is 13.3. The largest absolute Gasteiger partial charge is 0.491 e. The van der Waals surface area contributed by atoms with Crippen molar-refractivity contribution in [1.82, 2.24) is 20.0 Å². The predicted octanol–water partition coefficient (Wildman–Crippen LogP) is 3.92. The maximum Gasteiger partial charge on any atom is 0.324 e. The van der Waals surface area contributed by atoms with Crippen molar-refractivity contribution in [2.75, 3.05) is 37.7 Å². The summed E-state index contributed by atoms with van der Waals surface area (Å²) in [5, 5.41) is 4.03. The Balaban J connectivity index is 1.02. The van der Waals surface area contributed by atoms with Crippen LogP contribution in [0.5, 0.6) is 5.75 Å². The molecule has 0 saturated carbocycles. The van der Waals surface area contributed by atoms with E-state index in [-0.39, 0.29) is 24.3 Å². The molecule has 1 saturated heterocycles. The molecule has 2 aliphatic rings. The molecule has 9 nitrogen and oxygen atoms in total. The van der Waals surface area contributed by atoms with E-state index < -0.39 is 5.82 Å². The summed E-state index contributed by atoms with van der Waals surface area (Å²) in [4.78, 5) is 25.4. The molecular formula is C28H34FN5O4. The van der Waals surface area contributed by atoms with Crippen molar-refractivity contribution in [3.8, 4) is 5.75 Å². The van der Waals surface area contributed by atoms with Gasteiger partial charge in [0.1, 0.15) is 18.2 Å². The number of aromatic nitrogens is 3. The third-order valence-electron chi connectivity index (χ3n) is 7.06. The highest BCUT2D eigenvalue weighted by atomic mass is 19.1. The molecule has 0 atom stereocenters. The van der Waals surface area contributed by atoms with Gasteiger partial charge in [0, 0.05) is 37.8 Å². The number of hydrogen-bond donors (Lipinski definition) is 0. The van der Waals surface area contributed by atoms with Crippen molar-refractivity contribution < 1.29 is 23.2 Å². The SMILES string of the molecule is CC(C)c1noc(N2CCC(OCCOc3ccc(CC(=O)N4CCc5cccnc5C4)c(F)c3)CC2)n1. The van der Waals surface area contributed by atoms with E-state index >= 15 is 0 Å². The number of halogens is 1. The molecule has 4 heterocycles. The smallest absolute Gasteiger partial charge is 0.324 e. The van der Waals surface area contributed by atoms with E-state index in [4.69, 9.17) is 14.0 Å². The molecule has 0 spiro atoms. The Morgan fingerprint density at radius 3 is 2.79 bits per heavy atom. The van der Waals surface area contributed by atoms with Crippen LogP contribution in [0, 0.1) is 5.82 Å². The molecule has 0 N–H and O–H groups in total. The van der Waals surface area contributed by atoms with E-state index in [1.807, 2.05) is 26.0 Å². The first-order chi connectivity index (χ1) is 18.5. The Kier molecular flexibility index (Phi) is 8.17. The lowest BCUT2D eigenvalue weighted by molar-refractivity contribution is -0.131. The molecule has 5 rings (SSSR count). The summed E-state index contributed by atoms with van der Waals surface area (Å²) in [6.45, 7) is 7.47. The number of anilines is 1. The minimum absolute atomic E-state index is 0.0124. The average Bonchev–Trinajstić information content (AvgIpc) is 3.43. The fourth-order valence-corrected chi connectivity index (χ4v) is 4.78. The van der Waals surface area contributed by atoms with Crippen molar-refractivity contribution in [3.05, 3.63) is 65.0 Å². The van der Waals surface area contributed by atoms with E-state index in [1.165, 1.54) is 11.6 Å². The average molecular weight is 524 g/mol. The number of hydrogen-bond acceptors (Lipinski definition) is 8. The van der Waals surface area contributed by atoms with Gasteiger partial charge in [0.05, 0.1) is 31.4 Å². The van der Waals surface area contributed by atoms with Gasteiger partial charge >= 0.3 is 6.01 Å². The van der Waals surface area contributed by atoms with Gasteiger partial charge in [-0.1, -0.05) is 31.1 Å². The van der Waals surface area contributed by atoms with Gasteiger partial charge in [-0.05, 0) is 42.5 Å². The summed E-state index contributed by atoms with van der Waals surface area (Å²) < 4.78 is 31.8. The highest BCUT2D eigenvalue weighted by Crippen LogP contribution is 2.23. The third kappa shape index (κ3) is 6.30. The summed E-state index contributed by atoms with van der Waals surface area (Å²) >= 11 is 0. The van der Waals surface area contributed by atoms with Crippen LogP contribution in [-0.4, -0.2) is 64.9 Å². The Morgan fingerprint density at radius 1 is 1.18 bits per heavy atom. The zero-order valence-corrected chi connectivity index (χ0v) is 21.9. The fraction of sp³-hybridized carbons (Fsp3) is 0.500. The van der Waals surface area contributed by atoms with Gasteiger partial charge in [-0.15, -0.1) is 0 Å². The van der Waals surface area contributed by atoms with Crippen LogP contribution in [0.2, 0.25) is 0 Å². The first-order valence-corrected chi connectivity index (χ1v) is 13.3. The lowest BCUT2D eigenvalue weighted by Gasteiger charge is -2.30. The minimum Gasteiger partial charge on any atom is -0.491 e. The highest BCUT2D eigenvalue weighted by molar-refractivity contribution is 5.79. The monoisotopic (exact) mass is 523 g/mol. The van der Waals surface area contributed by atoms with E-state index in [9.17, 15) is 9.18 Å². The molecule has 1 fully saturated rings. The molecule has 0 radical (unpaired) electrons. The molecule has 10 heteroatoms. The Bertz CT molecular complexity index is 1240. The highest BCUT2D eigenvalue weighted by Gasteiger charge is 2.25. The molecule has 202 valence electrons. The van der Waals surface area contributed by atoms with Crippen molar-refractivity contribution >= 4 is 11.9 Å². The molecule has 38 heavy (non-hydrogen) atoms. The second-order valence-electron chi connectivity index (χ2n) is 10.1. The van der Waals surface area contributed by atoms with Gasteiger partial charge in [0.25, 0.3) is 0 Å². The third-order valence-corrected chi connectivity index (χ3v) is 7.06. The van der Waals surface area contributed by atoms with E-state index in [2.05, 4.69) is 20.0 Å². The maximum atomic E-state index is 14.7. The second-order valence-corrected chi connectivity index (χ2v) is 10.1. The van der Waals surface area contributed by atoms with Gasteiger partial charge in [-0.25, -0.2) is 4.39 Å². The van der Waals surface area contributed by atoms with Gasteiger partial charge in [0.15, 0.2) is 5.82 Å². The first kappa shape index (κ1) is 26.1. The number of benzene rings is 1. The Labute approximate surface area is 221 Å². The lowest BCUT2D eigenvalue weighted by Crippen LogP contribution is -2.37. The lowest BCUT2D eigenvalue weighted by atomic mass is 10.0. The molecule has 3 aromatic rings. The Hall–Kier alpha value is -3.53. The quantitative estimate of drug-likeness (QED) is 0.390. The molecule has 0 aliphatic carbocycles. The number of piperidine rings is 1. The van der Waals surface area contributed by atoms with Gasteiger partial charge < -0.3 is 23.8 Å². The number of nitrogens with zero attached hydrogens (tertiary/aromatic N) is 5. The van der Waals surface area contributed by atoms with Crippen molar-refractivity contribution in [3.63, 3.8) is 0 Å². The van der Waals surface area contributed by atoms with E-state index in [0.717, 1.165) is 43.9 Å². The van der Waals surface area contributed by atoms with Crippen LogP contribution in [0.25, 0.3) is 0 Å². The molecule has 0 bridgehead atoms. The second kappa shape index (κ2) is 11.9. The van der Waals surface area contributed by atoms with Crippen molar-refractivity contribution in [2.45, 2.75) is 58.1 Å². The number of rotatable bonds is 9. The van der Waals surface area contributed by atoms with Crippen molar-refractivity contribution in [1.29, 1.82) is 0 Å². The summed E-state index contributed by atoms with van der Waals surface area (Å²) in [5.41, 5.74) is 2.44. The molecule has 2 aromatic heterocycles.